The largest absolute Gasteiger partial charge is 0.389 e. The third kappa shape index (κ3) is 5.06. The van der Waals surface area contributed by atoms with Crippen LogP contribution in [-0.4, -0.2) is 25.3 Å². The predicted octanol–water partition coefficient (Wildman–Crippen LogP) is 4.63. The van der Waals surface area contributed by atoms with Crippen LogP contribution in [-0.2, 0) is 13.0 Å². The number of imidazole rings is 1. The van der Waals surface area contributed by atoms with E-state index in [-0.39, 0.29) is 17.8 Å². The van der Waals surface area contributed by atoms with E-state index in [1.165, 1.54) is 17.8 Å². The Balaban J connectivity index is 0.00000155. The Morgan fingerprint density at radius 3 is 2.37 bits per heavy atom. The Morgan fingerprint density at radius 2 is 1.83 bits per heavy atom. The smallest absolute Gasteiger partial charge is 0.315 e. The average Bonchev–Trinajstić information content (AvgIpc) is 3.12. The zero-order valence-electron chi connectivity index (χ0n) is 17.4. The summed E-state index contributed by atoms with van der Waals surface area (Å²) in [4.78, 5) is 21.7. The first-order valence-corrected chi connectivity index (χ1v) is 9.77. The standard InChI is InChI=1S/C19H18F3N5O.C2H6/c1-3-26-11-24-16-17(26)25-15(8-12(2)9-19(20,21)22)27(18(16)28)14-6-4-13(10-23)5-7-14;1-2/h4-7,11-12H,3,8-9H2,1-2H3;1-2H3. The van der Waals surface area contributed by atoms with Crippen molar-refractivity contribution in [3.63, 3.8) is 0 Å². The van der Waals surface area contributed by atoms with E-state index in [1.54, 1.807) is 28.8 Å². The van der Waals surface area contributed by atoms with E-state index in [1.807, 2.05) is 26.8 Å². The topological polar surface area (TPSA) is 76.5 Å². The highest BCUT2D eigenvalue weighted by Gasteiger charge is 2.31. The molecule has 0 amide bonds. The molecule has 2 heterocycles. The number of fused-ring (bicyclic) bond motifs is 1. The number of hydrogen-bond donors (Lipinski definition) is 0. The molecule has 0 radical (unpaired) electrons. The molecule has 1 unspecified atom stereocenters. The molecule has 0 N–H and O–H groups in total. The summed E-state index contributed by atoms with van der Waals surface area (Å²) in [6.45, 7) is 7.87. The summed E-state index contributed by atoms with van der Waals surface area (Å²) >= 11 is 0. The number of nitrogens with zero attached hydrogens (tertiary/aromatic N) is 5. The van der Waals surface area contributed by atoms with Crippen molar-refractivity contribution in [1.29, 1.82) is 5.26 Å². The summed E-state index contributed by atoms with van der Waals surface area (Å²) in [6, 6.07) is 8.22. The van der Waals surface area contributed by atoms with Gasteiger partial charge in [0.2, 0.25) is 0 Å². The lowest BCUT2D eigenvalue weighted by Crippen LogP contribution is -2.26. The maximum atomic E-state index is 13.1. The highest BCUT2D eigenvalue weighted by atomic mass is 19.4. The van der Waals surface area contributed by atoms with Crippen LogP contribution in [0.15, 0.2) is 35.4 Å². The van der Waals surface area contributed by atoms with Crippen LogP contribution in [0.5, 0.6) is 0 Å². The van der Waals surface area contributed by atoms with Crippen LogP contribution in [0.2, 0.25) is 0 Å². The third-order valence-electron chi connectivity index (χ3n) is 4.42. The highest BCUT2D eigenvalue weighted by Crippen LogP contribution is 2.27. The van der Waals surface area contributed by atoms with Crippen molar-refractivity contribution in [3.05, 3.63) is 52.3 Å². The highest BCUT2D eigenvalue weighted by molar-refractivity contribution is 5.70. The fraction of sp³-hybridized carbons (Fsp3) is 0.429. The van der Waals surface area contributed by atoms with Crippen LogP contribution in [0.4, 0.5) is 13.2 Å². The zero-order valence-corrected chi connectivity index (χ0v) is 17.4. The monoisotopic (exact) mass is 419 g/mol. The fourth-order valence-electron chi connectivity index (χ4n) is 3.14. The van der Waals surface area contributed by atoms with Crippen LogP contribution >= 0.6 is 0 Å². The van der Waals surface area contributed by atoms with Crippen LogP contribution in [0.3, 0.4) is 0 Å². The molecule has 0 saturated carbocycles. The van der Waals surface area contributed by atoms with Crippen molar-refractivity contribution >= 4 is 11.2 Å². The maximum Gasteiger partial charge on any atom is 0.389 e. The van der Waals surface area contributed by atoms with E-state index in [2.05, 4.69) is 9.97 Å². The van der Waals surface area contributed by atoms with Crippen LogP contribution < -0.4 is 5.56 Å². The van der Waals surface area contributed by atoms with E-state index in [4.69, 9.17) is 5.26 Å². The molecule has 0 aliphatic rings. The van der Waals surface area contributed by atoms with E-state index < -0.39 is 24.1 Å². The van der Waals surface area contributed by atoms with Gasteiger partial charge in [-0.25, -0.2) is 9.97 Å². The van der Waals surface area contributed by atoms with Gasteiger partial charge in [-0.05, 0) is 37.1 Å². The van der Waals surface area contributed by atoms with E-state index in [9.17, 15) is 18.0 Å². The summed E-state index contributed by atoms with van der Waals surface area (Å²) in [5.41, 5.74) is 0.896. The van der Waals surface area contributed by atoms with Gasteiger partial charge in [0.05, 0.1) is 23.6 Å². The molecule has 30 heavy (non-hydrogen) atoms. The Bertz CT molecular complexity index is 1090. The Hall–Kier alpha value is -3.15. The van der Waals surface area contributed by atoms with Crippen molar-refractivity contribution in [2.75, 3.05) is 0 Å². The number of aryl methyl sites for hydroxylation is 1. The van der Waals surface area contributed by atoms with Gasteiger partial charge in [0.15, 0.2) is 11.2 Å². The van der Waals surface area contributed by atoms with Gasteiger partial charge in [-0.3, -0.25) is 9.36 Å². The summed E-state index contributed by atoms with van der Waals surface area (Å²) in [5.74, 6) is -0.527. The third-order valence-corrected chi connectivity index (χ3v) is 4.42. The Kier molecular flexibility index (Phi) is 7.38. The molecule has 0 spiro atoms. The molecule has 1 aromatic carbocycles. The SMILES string of the molecule is CC.CCn1cnc2c(=O)n(-c3ccc(C#N)cc3)c(CC(C)CC(F)(F)F)nc21. The summed E-state index contributed by atoms with van der Waals surface area (Å²) < 4.78 is 41.3. The number of nitriles is 1. The van der Waals surface area contributed by atoms with Gasteiger partial charge < -0.3 is 4.57 Å². The van der Waals surface area contributed by atoms with Gasteiger partial charge in [-0.2, -0.15) is 18.4 Å². The van der Waals surface area contributed by atoms with Crippen molar-refractivity contribution in [1.82, 2.24) is 19.1 Å². The van der Waals surface area contributed by atoms with Crippen molar-refractivity contribution < 1.29 is 13.2 Å². The van der Waals surface area contributed by atoms with Gasteiger partial charge in [-0.1, -0.05) is 20.8 Å². The average molecular weight is 419 g/mol. The first-order valence-electron chi connectivity index (χ1n) is 9.77. The molecule has 0 aliphatic carbocycles. The molecule has 2 aromatic heterocycles. The van der Waals surface area contributed by atoms with Gasteiger partial charge in [-0.15, -0.1) is 0 Å². The van der Waals surface area contributed by atoms with Crippen molar-refractivity contribution in [2.24, 2.45) is 5.92 Å². The molecule has 3 aromatic rings. The van der Waals surface area contributed by atoms with Gasteiger partial charge in [0, 0.05) is 19.4 Å². The molecule has 160 valence electrons. The number of halogens is 3. The molecule has 9 heteroatoms. The van der Waals surface area contributed by atoms with Crippen molar-refractivity contribution in [3.8, 4) is 11.8 Å². The van der Waals surface area contributed by atoms with E-state index in [0.717, 1.165) is 0 Å². The first kappa shape index (κ1) is 23.1. The van der Waals surface area contributed by atoms with Gasteiger partial charge in [0.1, 0.15) is 5.82 Å². The van der Waals surface area contributed by atoms with Gasteiger partial charge >= 0.3 is 6.18 Å². The summed E-state index contributed by atoms with van der Waals surface area (Å²) in [5, 5.41) is 8.96. The van der Waals surface area contributed by atoms with Crippen LogP contribution in [0, 0.1) is 17.2 Å². The van der Waals surface area contributed by atoms with Crippen LogP contribution in [0.25, 0.3) is 16.9 Å². The number of aromatic nitrogens is 4. The maximum absolute atomic E-state index is 13.1. The molecule has 0 bridgehead atoms. The minimum Gasteiger partial charge on any atom is -0.315 e. The quantitative estimate of drug-likeness (QED) is 0.604. The second-order valence-corrected chi connectivity index (χ2v) is 6.66. The minimum atomic E-state index is -4.30. The molecule has 3 rings (SSSR count). The second kappa shape index (κ2) is 9.57. The number of rotatable bonds is 5. The van der Waals surface area contributed by atoms with Crippen LogP contribution in [0.1, 0.15) is 45.5 Å². The lowest BCUT2D eigenvalue weighted by molar-refractivity contribution is -0.143. The zero-order chi connectivity index (χ0) is 22.5. The number of benzene rings is 1. The normalized spacial score (nSPS) is 12.2. The fourth-order valence-corrected chi connectivity index (χ4v) is 3.14. The summed E-state index contributed by atoms with van der Waals surface area (Å²) in [7, 11) is 0. The van der Waals surface area contributed by atoms with Crippen molar-refractivity contribution in [2.45, 2.75) is 53.3 Å². The molecular formula is C21H24F3N5O. The Labute approximate surface area is 172 Å². The number of alkyl halides is 3. The molecular weight excluding hydrogens is 395 g/mol. The Morgan fingerprint density at radius 1 is 1.20 bits per heavy atom. The molecule has 1 atom stereocenters. The summed E-state index contributed by atoms with van der Waals surface area (Å²) in [6.07, 6.45) is -3.81. The molecule has 6 nitrogen and oxygen atoms in total. The lowest BCUT2D eigenvalue weighted by atomic mass is 10.0. The number of hydrogen-bond acceptors (Lipinski definition) is 4. The molecule has 0 fully saturated rings. The lowest BCUT2D eigenvalue weighted by Gasteiger charge is -2.17. The second-order valence-electron chi connectivity index (χ2n) is 6.66. The minimum absolute atomic E-state index is 0.0282. The predicted molar refractivity (Wildman–Crippen MR) is 108 cm³/mol. The van der Waals surface area contributed by atoms with E-state index >= 15 is 0 Å². The molecule has 0 saturated heterocycles. The first-order chi connectivity index (χ1) is 14.2. The molecule has 0 aliphatic heterocycles. The van der Waals surface area contributed by atoms with E-state index in [0.29, 0.717) is 23.4 Å². The van der Waals surface area contributed by atoms with Gasteiger partial charge in [0.25, 0.3) is 5.56 Å².